The van der Waals surface area contributed by atoms with Crippen LogP contribution in [0.4, 0.5) is 34.1 Å². The van der Waals surface area contributed by atoms with Gasteiger partial charge in [0.2, 0.25) is 5.91 Å². The Hall–Kier alpha value is -14.4. The van der Waals surface area contributed by atoms with Crippen molar-refractivity contribution in [3.8, 4) is 67.8 Å². The van der Waals surface area contributed by atoms with Crippen molar-refractivity contribution in [2.24, 2.45) is 0 Å². The van der Waals surface area contributed by atoms with E-state index in [0.717, 1.165) is 143 Å². The number of aromatic nitrogens is 8. The van der Waals surface area contributed by atoms with Gasteiger partial charge in [-0.2, -0.15) is 20.4 Å². The number of ketones is 1. The number of aliphatic hydroxyl groups is 1. The van der Waals surface area contributed by atoms with E-state index in [1.54, 1.807) is 6.92 Å². The number of carbonyl (C=O) groups is 2. The molecule has 3 N–H and O–H groups in total. The molecule has 0 radical (unpaired) electrons. The van der Waals surface area contributed by atoms with Crippen molar-refractivity contribution >= 4 is 45.8 Å². The van der Waals surface area contributed by atoms with Gasteiger partial charge in [0, 0.05) is 124 Å². The maximum atomic E-state index is 11.9. The van der Waals surface area contributed by atoms with E-state index in [-0.39, 0.29) is 33.4 Å². The molecule has 0 unspecified atom stereocenters. The fourth-order valence-electron chi connectivity index (χ4n) is 21.2. The number of hydrogen-bond donors (Lipinski definition) is 3. The van der Waals surface area contributed by atoms with E-state index in [2.05, 4.69) is 421 Å². The number of nitrogens with one attached hydrogen (secondary N) is 2. The zero-order chi connectivity index (χ0) is 104. The summed E-state index contributed by atoms with van der Waals surface area (Å²) in [6, 6.07) is 86.2. The van der Waals surface area contributed by atoms with Crippen molar-refractivity contribution in [3.63, 3.8) is 0 Å². The Morgan fingerprint density at radius 1 is 0.276 bits per heavy atom. The van der Waals surface area contributed by atoms with Gasteiger partial charge in [-0.05, 0) is 269 Å². The van der Waals surface area contributed by atoms with Gasteiger partial charge in [0.25, 0.3) is 0 Å². The number of amides is 1. The first-order valence-electron chi connectivity index (χ1n) is 51.3. The van der Waals surface area contributed by atoms with Gasteiger partial charge in [0.1, 0.15) is 0 Å². The van der Waals surface area contributed by atoms with Gasteiger partial charge in [-0.3, -0.25) is 9.59 Å². The number of benzene rings is 12. The van der Waals surface area contributed by atoms with Crippen LogP contribution in [-0.2, 0) is 84.4 Å². The Labute approximate surface area is 860 Å². The van der Waals surface area contributed by atoms with E-state index in [1.165, 1.54) is 164 Å². The number of rotatable bonds is 16. The zero-order valence-corrected chi connectivity index (χ0v) is 90.9. The molecule has 8 heterocycles. The normalized spacial score (nSPS) is 13.4. The van der Waals surface area contributed by atoms with Crippen LogP contribution in [0.15, 0.2) is 243 Å². The van der Waals surface area contributed by atoms with E-state index in [0.29, 0.717) is 0 Å². The standard InChI is InChI=1S/C33H39N3O.C32H36N4O.C32H35N3O.C31H36N4/c1-21-12-15-26(32(4,5)6)18-29(21)35-19-27-28(20-35)34-36(30-22(2)10-9-11-23(30)3)31(27)24-13-16-25(17-14-24)33(7,8)37;1-20-11-14-25(32(5,6)7)17-29(20)35-18-27-28(19-35)34-36(30-21(2)9-8-10-22(30)3)31(27)24-12-15-26(16-13-24)33-23(4)37;1-20-11-16-26(32(5,6)7)17-29(20)34-18-27-28(19-34)33-35(30-21(2)9-8-10-22(30)3)31(27)25-14-12-24(13-15-25)23(4)36;1-20-11-14-24(31(4,5)6)17-28(20)34-18-26-27(19-34)33-35(29-21(2)9-8-10-22(29)3)30(26)23-12-15-25(32-7)16-13-23/h9-18,37H,19-20H2,1-8H3;8-17H,18-19H2,1-7H3,(H,33,37);8-17H,18-19H2,1-7H3;8-17,32H,18-19H2,1-7H3. The summed E-state index contributed by atoms with van der Waals surface area (Å²) >= 11 is 0. The molecule has 0 atom stereocenters. The van der Waals surface area contributed by atoms with Crippen LogP contribution in [-0.4, -0.2) is 63.0 Å². The van der Waals surface area contributed by atoms with Crippen molar-refractivity contribution in [1.82, 2.24) is 39.1 Å². The highest BCUT2D eigenvalue weighted by Crippen LogP contribution is 2.48. The lowest BCUT2D eigenvalue weighted by Gasteiger charge is -2.26. The quantitative estimate of drug-likeness (QED) is 0.0786. The number of carbonyl (C=O) groups excluding carboxylic acids is 2. The number of fused-ring (bicyclic) bond motifs is 4. The van der Waals surface area contributed by atoms with Crippen molar-refractivity contribution in [2.75, 3.05) is 37.3 Å². The Morgan fingerprint density at radius 3 is 0.710 bits per heavy atom. The molecule has 17 nitrogen and oxygen atoms in total. The monoisotopic (exact) mass is 1930 g/mol. The summed E-state index contributed by atoms with van der Waals surface area (Å²) in [6.45, 7) is 66.5. The van der Waals surface area contributed by atoms with Gasteiger partial charge in [0.05, 0.1) is 100 Å². The molecule has 145 heavy (non-hydrogen) atoms. The molecule has 746 valence electrons. The summed E-state index contributed by atoms with van der Waals surface area (Å²) in [6.07, 6.45) is 0. The van der Waals surface area contributed by atoms with Gasteiger partial charge in [-0.25, -0.2) is 18.7 Å². The lowest BCUT2D eigenvalue weighted by molar-refractivity contribution is -0.114. The van der Waals surface area contributed by atoms with Crippen LogP contribution in [0.2, 0.25) is 0 Å². The molecule has 1 amide bonds. The lowest BCUT2D eigenvalue weighted by Crippen LogP contribution is -2.20. The topological polar surface area (TPSA) is 163 Å². The minimum Gasteiger partial charge on any atom is -0.388 e. The molecule has 20 rings (SSSR count). The van der Waals surface area contributed by atoms with Gasteiger partial charge in [0.15, 0.2) is 5.78 Å². The SMILES string of the molecule is CC(=O)Nc1ccc(-c2c3c(nn2-c2c(C)cccc2C)CN(c2cc(C(C)(C)C)ccc2C)C3)cc1.CC(=O)c1ccc(-c2c3c(nn2-c2c(C)cccc2C)CN(c2cc(C(C)(C)C)ccc2C)C3)cc1.CNc1ccc(-c2c3c(nn2-c2c(C)cccc2C)CN(c2cc(C(C)(C)C)ccc2C)C3)cc1.Cc1ccc(C(C)(C)C)cc1N1Cc2nn(-c3c(C)cccc3C)c(-c3ccc(C(C)(C)O)cc3)c2C1. The maximum Gasteiger partial charge on any atom is 0.221 e. The second-order valence-corrected chi connectivity index (χ2v) is 45.5. The van der Waals surface area contributed by atoms with Crippen LogP contribution in [0, 0.1) is 83.1 Å². The Bertz CT molecular complexity index is 7530. The predicted molar refractivity (Wildman–Crippen MR) is 602 cm³/mol. The molecule has 17 heteroatoms. The van der Waals surface area contributed by atoms with Crippen molar-refractivity contribution in [3.05, 3.63) is 388 Å². The largest absolute Gasteiger partial charge is 0.388 e. The summed E-state index contributed by atoms with van der Waals surface area (Å²) in [5, 5.41) is 37.5. The van der Waals surface area contributed by atoms with Crippen molar-refractivity contribution in [2.45, 2.75) is 273 Å². The minimum atomic E-state index is -0.875. The summed E-state index contributed by atoms with van der Waals surface area (Å²) < 4.78 is 8.62. The Morgan fingerprint density at radius 2 is 0.497 bits per heavy atom. The molecule has 0 saturated heterocycles. The molecular weight excluding hydrogens is 1780 g/mol. The third-order valence-corrected chi connectivity index (χ3v) is 29.6. The summed E-state index contributed by atoms with van der Waals surface area (Å²) in [5.41, 5.74) is 51.8. The van der Waals surface area contributed by atoms with Crippen LogP contribution < -0.4 is 30.2 Å². The summed E-state index contributed by atoms with van der Waals surface area (Å²) in [4.78, 5) is 33.3. The van der Waals surface area contributed by atoms with Gasteiger partial charge in [-0.1, -0.05) is 277 Å². The Kier molecular flexibility index (Phi) is 28.1. The third-order valence-electron chi connectivity index (χ3n) is 29.6. The van der Waals surface area contributed by atoms with E-state index in [4.69, 9.17) is 20.4 Å². The van der Waals surface area contributed by atoms with Gasteiger partial charge >= 0.3 is 0 Å². The Balaban J connectivity index is 0.000000132. The van der Waals surface area contributed by atoms with Crippen molar-refractivity contribution < 1.29 is 14.7 Å². The zero-order valence-electron chi connectivity index (χ0n) is 90.9. The fourth-order valence-corrected chi connectivity index (χ4v) is 21.2. The van der Waals surface area contributed by atoms with Gasteiger partial charge < -0.3 is 35.3 Å². The first-order chi connectivity index (χ1) is 68.6. The molecule has 0 spiro atoms. The average Bonchev–Trinajstić information content (AvgIpc) is 1.60. The van der Waals surface area contributed by atoms with Crippen LogP contribution in [0.5, 0.6) is 0 Å². The number of nitrogens with zero attached hydrogens (tertiary/aromatic N) is 12. The maximum absolute atomic E-state index is 11.9. The van der Waals surface area contributed by atoms with Crippen LogP contribution >= 0.6 is 0 Å². The number of aryl methyl sites for hydroxylation is 12. The molecule has 0 aliphatic carbocycles. The molecule has 4 aromatic heterocycles. The highest BCUT2D eigenvalue weighted by atomic mass is 16.3. The smallest absolute Gasteiger partial charge is 0.221 e. The molecule has 4 aliphatic rings. The van der Waals surface area contributed by atoms with Gasteiger partial charge in [-0.15, -0.1) is 0 Å². The number of hydrogen-bond acceptors (Lipinski definition) is 12. The fraction of sp³-hybridized carbons (Fsp3) is 0.328. The van der Waals surface area contributed by atoms with E-state index in [1.807, 2.05) is 57.3 Å². The third kappa shape index (κ3) is 20.9. The molecule has 0 saturated carbocycles. The highest BCUT2D eigenvalue weighted by molar-refractivity contribution is 5.95. The first-order valence-corrected chi connectivity index (χ1v) is 51.3. The van der Waals surface area contributed by atoms with E-state index in [9.17, 15) is 14.7 Å². The molecule has 0 fully saturated rings. The number of para-hydroxylation sites is 4. The molecule has 0 bridgehead atoms. The highest BCUT2D eigenvalue weighted by Gasteiger charge is 2.38. The van der Waals surface area contributed by atoms with E-state index < -0.39 is 5.60 Å². The number of Topliss-reactive ketones (excluding diaryl/α,β-unsaturated/α-hetero) is 1. The second-order valence-electron chi connectivity index (χ2n) is 45.5. The van der Waals surface area contributed by atoms with Crippen LogP contribution in [0.3, 0.4) is 0 Å². The van der Waals surface area contributed by atoms with Crippen LogP contribution in [0.25, 0.3) is 67.8 Å². The van der Waals surface area contributed by atoms with Crippen LogP contribution in [0.1, 0.15) is 261 Å². The summed E-state index contributed by atoms with van der Waals surface area (Å²) in [5.74, 6) is 0.00753. The molecule has 16 aromatic rings. The molecular formula is C128H146N14O3. The molecule has 4 aliphatic heterocycles. The second kappa shape index (κ2) is 39.9. The van der Waals surface area contributed by atoms with E-state index >= 15 is 0 Å². The lowest BCUT2D eigenvalue weighted by atomic mass is 9.86. The molecule has 12 aromatic carbocycles. The predicted octanol–water partition coefficient (Wildman–Crippen LogP) is 29.6. The average molecular weight is 1930 g/mol. The minimum absolute atomic E-state index is 0.0716. The number of anilines is 6. The first kappa shape index (κ1) is 102. The summed E-state index contributed by atoms with van der Waals surface area (Å²) in [7, 11) is 1.96. The van der Waals surface area contributed by atoms with Crippen molar-refractivity contribution in [1.29, 1.82) is 0 Å².